The quantitative estimate of drug-likeness (QED) is 0.218. The van der Waals surface area contributed by atoms with Crippen molar-refractivity contribution in [1.82, 2.24) is 24.9 Å². The number of nitrogens with one attached hydrogen (secondary N) is 1. The monoisotopic (exact) mass is 743 g/mol. The Morgan fingerprint density at radius 2 is 1.13 bits per heavy atom. The van der Waals surface area contributed by atoms with Gasteiger partial charge >= 0.3 is 17.9 Å². The fourth-order valence-electron chi connectivity index (χ4n) is 6.84. The van der Waals surface area contributed by atoms with E-state index < -0.39 is 23.9 Å². The van der Waals surface area contributed by atoms with Gasteiger partial charge < -0.3 is 39.6 Å². The standard InChI is InChI=1S/C36H49N5O12/c1-50-28-8-6-24-25(18-27(28)42)26(7-5-23-17-29(51-2)35(52-3)36(53-4)34(23)24)37-30(43)19-38-9-11-39(20-31(44)45)13-15-41(22-33(48)49)16-14-40(12-10-38)21-32(46)47/h6,8,17-18,26H,5,7,9-16,19-22H2,1-4H3,(H,37,43)(H,44,45)(H,46,47)(H,48,49)/t26-/m0/s1. The van der Waals surface area contributed by atoms with E-state index in [0.29, 0.717) is 46.8 Å². The Morgan fingerprint density at radius 3 is 1.57 bits per heavy atom. The Morgan fingerprint density at radius 1 is 0.660 bits per heavy atom. The number of carboxylic acid groups (broad SMARTS) is 3. The van der Waals surface area contributed by atoms with Gasteiger partial charge in [-0.15, -0.1) is 0 Å². The Hall–Kier alpha value is -4.97. The summed E-state index contributed by atoms with van der Waals surface area (Å²) in [6, 6.07) is 6.04. The number of ether oxygens (including phenoxy) is 4. The highest BCUT2D eigenvalue weighted by Crippen LogP contribution is 2.50. The van der Waals surface area contributed by atoms with Gasteiger partial charge in [0, 0.05) is 57.9 Å². The van der Waals surface area contributed by atoms with Gasteiger partial charge in [0.25, 0.3) is 0 Å². The molecule has 1 aliphatic carbocycles. The lowest BCUT2D eigenvalue weighted by molar-refractivity contribution is -0.140. The summed E-state index contributed by atoms with van der Waals surface area (Å²) in [4.78, 5) is 69.0. The van der Waals surface area contributed by atoms with Crippen LogP contribution in [0.3, 0.4) is 0 Å². The van der Waals surface area contributed by atoms with Gasteiger partial charge in [-0.25, -0.2) is 0 Å². The van der Waals surface area contributed by atoms with Crippen LogP contribution in [0.25, 0.3) is 11.1 Å². The van der Waals surface area contributed by atoms with Crippen LogP contribution in [0.1, 0.15) is 23.6 Å². The van der Waals surface area contributed by atoms with Gasteiger partial charge in [0.15, 0.2) is 17.2 Å². The summed E-state index contributed by atoms with van der Waals surface area (Å²) >= 11 is 0. The van der Waals surface area contributed by atoms with Gasteiger partial charge in [-0.1, -0.05) is 6.07 Å². The molecule has 1 atom stereocenters. The van der Waals surface area contributed by atoms with E-state index in [9.17, 15) is 39.3 Å². The molecule has 0 saturated carbocycles. The fourth-order valence-corrected chi connectivity index (χ4v) is 6.84. The van der Waals surface area contributed by atoms with Gasteiger partial charge in [-0.05, 0) is 47.7 Å². The molecule has 0 radical (unpaired) electrons. The number of rotatable bonds is 13. The second-order valence-corrected chi connectivity index (χ2v) is 12.9. The number of fused-ring (bicyclic) bond motifs is 3. The van der Waals surface area contributed by atoms with E-state index >= 15 is 0 Å². The van der Waals surface area contributed by atoms with Crippen molar-refractivity contribution < 1.29 is 53.4 Å². The highest BCUT2D eigenvalue weighted by molar-refractivity contribution is 5.84. The SMILES string of the molecule is COc1cc2c(c(OC)c1OC)-c1ccc(OC)c(=O)cc1[C@@H](NC(=O)CN1CCN(CC(=O)O)CCN(CC(=O)O)CCN(CC(=O)O)CC1)CC2. The van der Waals surface area contributed by atoms with E-state index in [4.69, 9.17) is 18.9 Å². The molecule has 2 aromatic rings. The molecule has 1 amide bonds. The molecule has 17 heteroatoms. The minimum Gasteiger partial charge on any atom is -0.493 e. The lowest BCUT2D eigenvalue weighted by Crippen LogP contribution is -2.50. The molecule has 17 nitrogen and oxygen atoms in total. The van der Waals surface area contributed by atoms with E-state index in [1.165, 1.54) is 34.5 Å². The molecule has 0 unspecified atom stereocenters. The van der Waals surface area contributed by atoms with Crippen molar-refractivity contribution in [2.75, 3.05) is 107 Å². The molecule has 1 aliphatic heterocycles. The Bertz CT molecular complexity index is 1670. The van der Waals surface area contributed by atoms with Crippen LogP contribution in [0, 0.1) is 0 Å². The predicted octanol–water partition coefficient (Wildman–Crippen LogP) is 0.327. The number of nitrogens with zero attached hydrogens (tertiary/aromatic N) is 4. The van der Waals surface area contributed by atoms with Gasteiger partial charge in [0.2, 0.25) is 17.1 Å². The molecule has 4 N–H and O–H groups in total. The molecular weight excluding hydrogens is 694 g/mol. The lowest BCUT2D eigenvalue weighted by atomic mass is 9.95. The molecule has 1 heterocycles. The van der Waals surface area contributed by atoms with Crippen LogP contribution in [0.15, 0.2) is 29.1 Å². The summed E-state index contributed by atoms with van der Waals surface area (Å²) in [6.07, 6.45) is 0.902. The summed E-state index contributed by atoms with van der Waals surface area (Å²) in [5, 5.41) is 31.7. The Labute approximate surface area is 307 Å². The van der Waals surface area contributed by atoms with Crippen molar-refractivity contribution in [3.63, 3.8) is 0 Å². The molecule has 0 bridgehead atoms. The van der Waals surface area contributed by atoms with Gasteiger partial charge in [-0.2, -0.15) is 0 Å². The molecule has 2 aromatic carbocycles. The number of methoxy groups -OCH3 is 4. The third-order valence-electron chi connectivity index (χ3n) is 9.43. The minimum absolute atomic E-state index is 0.0940. The van der Waals surface area contributed by atoms with Crippen LogP contribution in [0.2, 0.25) is 0 Å². The van der Waals surface area contributed by atoms with Crippen LogP contribution in [-0.2, 0) is 25.6 Å². The fraction of sp³-hybridized carbons (Fsp3) is 0.528. The normalized spacial score (nSPS) is 17.8. The average molecular weight is 744 g/mol. The zero-order chi connectivity index (χ0) is 38.7. The van der Waals surface area contributed by atoms with E-state index in [0.717, 1.165) is 5.56 Å². The maximum absolute atomic E-state index is 13.9. The number of benzene rings is 1. The largest absolute Gasteiger partial charge is 0.493 e. The second kappa shape index (κ2) is 19.2. The molecule has 1 saturated heterocycles. The number of carboxylic acids is 3. The molecule has 290 valence electrons. The summed E-state index contributed by atoms with van der Waals surface area (Å²) in [5.41, 5.74) is 2.36. The van der Waals surface area contributed by atoms with Crippen molar-refractivity contribution in [2.24, 2.45) is 0 Å². The van der Waals surface area contributed by atoms with Crippen LogP contribution in [-0.4, -0.2) is 166 Å². The molecule has 53 heavy (non-hydrogen) atoms. The molecule has 0 spiro atoms. The highest BCUT2D eigenvalue weighted by atomic mass is 16.5. The lowest BCUT2D eigenvalue weighted by Gasteiger charge is -2.33. The second-order valence-electron chi connectivity index (χ2n) is 12.9. The van der Waals surface area contributed by atoms with Gasteiger partial charge in [-0.3, -0.25) is 43.6 Å². The van der Waals surface area contributed by atoms with Crippen molar-refractivity contribution in [2.45, 2.75) is 18.9 Å². The van der Waals surface area contributed by atoms with Gasteiger partial charge in [0.05, 0.1) is 60.7 Å². The Kier molecular flexibility index (Phi) is 14.8. The van der Waals surface area contributed by atoms with Crippen LogP contribution in [0.5, 0.6) is 23.0 Å². The number of aliphatic carboxylic acids is 3. The topological polar surface area (TPSA) is 208 Å². The van der Waals surface area contributed by atoms with E-state index in [1.807, 2.05) is 11.0 Å². The summed E-state index contributed by atoms with van der Waals surface area (Å²) < 4.78 is 22.5. The first kappa shape index (κ1) is 40.8. The third kappa shape index (κ3) is 11.0. The zero-order valence-electron chi connectivity index (χ0n) is 30.6. The van der Waals surface area contributed by atoms with Crippen molar-refractivity contribution >= 4 is 23.8 Å². The first-order valence-electron chi connectivity index (χ1n) is 17.3. The Balaban J connectivity index is 1.65. The molecule has 4 rings (SSSR count). The first-order valence-corrected chi connectivity index (χ1v) is 17.3. The summed E-state index contributed by atoms with van der Waals surface area (Å²) in [6.45, 7) is 1.21. The van der Waals surface area contributed by atoms with Crippen LogP contribution < -0.4 is 29.7 Å². The number of carbonyl (C=O) groups excluding carboxylic acids is 1. The maximum Gasteiger partial charge on any atom is 0.317 e. The van der Waals surface area contributed by atoms with Gasteiger partial charge in [0.1, 0.15) is 0 Å². The highest BCUT2D eigenvalue weighted by Gasteiger charge is 2.30. The number of aryl methyl sites for hydroxylation is 1. The predicted molar refractivity (Wildman–Crippen MR) is 192 cm³/mol. The first-order chi connectivity index (χ1) is 25.4. The number of carbonyl (C=O) groups is 4. The average Bonchev–Trinajstić information content (AvgIpc) is 3.35. The van der Waals surface area contributed by atoms with Crippen LogP contribution in [0.4, 0.5) is 0 Å². The molecular formula is C36H49N5O12. The molecule has 0 aromatic heterocycles. The third-order valence-corrected chi connectivity index (χ3v) is 9.43. The van der Waals surface area contributed by atoms with E-state index in [-0.39, 0.29) is 95.6 Å². The zero-order valence-corrected chi connectivity index (χ0v) is 30.6. The summed E-state index contributed by atoms with van der Waals surface area (Å²) in [5.74, 6) is -2.10. The minimum atomic E-state index is -1.04. The maximum atomic E-state index is 13.9. The number of amides is 1. The van der Waals surface area contributed by atoms with Crippen molar-refractivity contribution in [1.29, 1.82) is 0 Å². The summed E-state index contributed by atoms with van der Waals surface area (Å²) in [7, 11) is 5.95. The van der Waals surface area contributed by atoms with Crippen molar-refractivity contribution in [3.05, 3.63) is 45.6 Å². The van der Waals surface area contributed by atoms with Crippen molar-refractivity contribution in [3.8, 4) is 34.1 Å². The van der Waals surface area contributed by atoms with E-state index in [2.05, 4.69) is 5.32 Å². The number of hydrogen-bond donors (Lipinski definition) is 4. The molecule has 1 fully saturated rings. The number of hydrogen-bond acceptors (Lipinski definition) is 13. The molecule has 2 aliphatic rings. The van der Waals surface area contributed by atoms with E-state index in [1.54, 1.807) is 26.8 Å². The smallest absolute Gasteiger partial charge is 0.317 e. The van der Waals surface area contributed by atoms with Crippen LogP contribution >= 0.6 is 0 Å².